The zero-order valence-electron chi connectivity index (χ0n) is 12.9. The largest absolute Gasteiger partial charge is 0.368 e. The number of primary amides is 1. The Labute approximate surface area is 135 Å². The first kappa shape index (κ1) is 16.8. The van der Waals surface area contributed by atoms with Crippen molar-refractivity contribution >= 4 is 17.6 Å². The van der Waals surface area contributed by atoms with Crippen molar-refractivity contribution < 1.29 is 9.59 Å². The molecular weight excluding hydrogens is 294 g/mol. The molecule has 1 atom stereocenters. The van der Waals surface area contributed by atoms with Gasteiger partial charge in [-0.2, -0.15) is 5.26 Å². The van der Waals surface area contributed by atoms with Crippen LogP contribution >= 0.6 is 0 Å². The fraction of sp³-hybridized carbons (Fsp3) is 0.438. The Hall–Kier alpha value is -2.59. The number of anilines is 1. The van der Waals surface area contributed by atoms with E-state index in [9.17, 15) is 9.59 Å². The van der Waals surface area contributed by atoms with Gasteiger partial charge in [-0.3, -0.25) is 9.69 Å². The molecule has 2 rings (SSSR count). The third-order valence-electron chi connectivity index (χ3n) is 3.87. The molecule has 4 N–H and O–H groups in total. The molecule has 122 valence electrons. The van der Waals surface area contributed by atoms with E-state index in [0.29, 0.717) is 17.8 Å². The summed E-state index contributed by atoms with van der Waals surface area (Å²) in [6.45, 7) is 2.14. The molecule has 0 aromatic heterocycles. The Morgan fingerprint density at radius 3 is 2.74 bits per heavy atom. The minimum Gasteiger partial charge on any atom is -0.368 e. The van der Waals surface area contributed by atoms with Crippen molar-refractivity contribution in [2.24, 2.45) is 5.73 Å². The number of likely N-dealkylation sites (tertiary alicyclic amines) is 1. The lowest BCUT2D eigenvalue weighted by molar-refractivity contribution is -0.122. The van der Waals surface area contributed by atoms with Crippen LogP contribution in [0.3, 0.4) is 0 Å². The van der Waals surface area contributed by atoms with Gasteiger partial charge >= 0.3 is 6.03 Å². The van der Waals surface area contributed by atoms with Gasteiger partial charge in [0.05, 0.1) is 17.7 Å². The first-order chi connectivity index (χ1) is 11.1. The SMILES string of the molecule is N#Cc1ccc(NC(=O)NCCCN2CCCC2C(N)=O)cc1. The van der Waals surface area contributed by atoms with Crippen LogP contribution in [0.5, 0.6) is 0 Å². The minimum atomic E-state index is -0.289. The van der Waals surface area contributed by atoms with Gasteiger partial charge in [0.15, 0.2) is 0 Å². The summed E-state index contributed by atoms with van der Waals surface area (Å²) in [6, 6.07) is 8.22. The van der Waals surface area contributed by atoms with Crippen molar-refractivity contribution in [3.8, 4) is 6.07 Å². The Bertz CT molecular complexity index is 593. The highest BCUT2D eigenvalue weighted by atomic mass is 16.2. The predicted molar refractivity (Wildman–Crippen MR) is 86.6 cm³/mol. The van der Waals surface area contributed by atoms with E-state index in [0.717, 1.165) is 32.4 Å². The maximum atomic E-state index is 11.8. The molecule has 23 heavy (non-hydrogen) atoms. The van der Waals surface area contributed by atoms with Gasteiger partial charge in [0.25, 0.3) is 0 Å². The van der Waals surface area contributed by atoms with Crippen molar-refractivity contribution in [3.05, 3.63) is 29.8 Å². The van der Waals surface area contributed by atoms with Crippen LogP contribution in [0.4, 0.5) is 10.5 Å². The molecule has 1 aliphatic rings. The van der Waals surface area contributed by atoms with Crippen LogP contribution in [-0.4, -0.2) is 42.5 Å². The van der Waals surface area contributed by atoms with Crippen molar-refractivity contribution in [1.82, 2.24) is 10.2 Å². The van der Waals surface area contributed by atoms with E-state index in [4.69, 9.17) is 11.0 Å². The molecule has 0 spiro atoms. The molecule has 1 aromatic carbocycles. The number of hydrogen-bond donors (Lipinski definition) is 3. The van der Waals surface area contributed by atoms with Crippen LogP contribution in [0.15, 0.2) is 24.3 Å². The molecule has 3 amide bonds. The second-order valence-electron chi connectivity index (χ2n) is 5.52. The summed E-state index contributed by atoms with van der Waals surface area (Å²) in [7, 11) is 0. The predicted octanol–water partition coefficient (Wildman–Crippen LogP) is 1.02. The first-order valence-corrected chi connectivity index (χ1v) is 7.68. The molecule has 0 radical (unpaired) electrons. The van der Waals surface area contributed by atoms with E-state index >= 15 is 0 Å². The molecule has 1 fully saturated rings. The molecule has 7 heteroatoms. The Morgan fingerprint density at radius 2 is 2.09 bits per heavy atom. The molecular formula is C16H21N5O2. The number of rotatable bonds is 6. The van der Waals surface area contributed by atoms with Crippen molar-refractivity contribution in [1.29, 1.82) is 5.26 Å². The average Bonchev–Trinajstić information content (AvgIpc) is 3.01. The third kappa shape index (κ3) is 4.97. The summed E-state index contributed by atoms with van der Waals surface area (Å²) >= 11 is 0. The highest BCUT2D eigenvalue weighted by Crippen LogP contribution is 2.16. The van der Waals surface area contributed by atoms with Crippen LogP contribution in [0.1, 0.15) is 24.8 Å². The maximum Gasteiger partial charge on any atom is 0.319 e. The monoisotopic (exact) mass is 315 g/mol. The number of nitrogens with zero attached hydrogens (tertiary/aromatic N) is 2. The average molecular weight is 315 g/mol. The van der Waals surface area contributed by atoms with Crippen LogP contribution in [0, 0.1) is 11.3 Å². The second-order valence-corrected chi connectivity index (χ2v) is 5.52. The van der Waals surface area contributed by atoms with E-state index in [2.05, 4.69) is 15.5 Å². The number of nitrogens with two attached hydrogens (primary N) is 1. The lowest BCUT2D eigenvalue weighted by Crippen LogP contribution is -2.41. The van der Waals surface area contributed by atoms with E-state index in [1.54, 1.807) is 24.3 Å². The summed E-state index contributed by atoms with van der Waals surface area (Å²) in [6.07, 6.45) is 2.56. The molecule has 1 saturated heterocycles. The number of nitriles is 1. The molecule has 0 bridgehead atoms. The van der Waals surface area contributed by atoms with Gasteiger partial charge in [-0.15, -0.1) is 0 Å². The number of carbonyl (C=O) groups is 2. The van der Waals surface area contributed by atoms with Crippen LogP contribution in [0.25, 0.3) is 0 Å². The number of urea groups is 1. The fourth-order valence-electron chi connectivity index (χ4n) is 2.70. The summed E-state index contributed by atoms with van der Waals surface area (Å²) in [5.74, 6) is -0.269. The summed E-state index contributed by atoms with van der Waals surface area (Å²) in [4.78, 5) is 25.1. The van der Waals surface area contributed by atoms with Gasteiger partial charge in [-0.25, -0.2) is 4.79 Å². The molecule has 1 unspecified atom stereocenters. The molecule has 1 heterocycles. The normalized spacial score (nSPS) is 17.4. The number of carbonyl (C=O) groups excluding carboxylic acids is 2. The van der Waals surface area contributed by atoms with Crippen LogP contribution in [0.2, 0.25) is 0 Å². The summed E-state index contributed by atoms with van der Waals surface area (Å²) < 4.78 is 0. The highest BCUT2D eigenvalue weighted by molar-refractivity contribution is 5.89. The molecule has 1 aromatic rings. The van der Waals surface area contributed by atoms with Crippen molar-refractivity contribution in [3.63, 3.8) is 0 Å². The Kier molecular flexibility index (Phi) is 5.94. The van der Waals surface area contributed by atoms with Gasteiger partial charge in [-0.1, -0.05) is 0 Å². The van der Waals surface area contributed by atoms with Gasteiger partial charge in [0, 0.05) is 18.8 Å². The van der Waals surface area contributed by atoms with E-state index in [1.165, 1.54) is 0 Å². The smallest absolute Gasteiger partial charge is 0.319 e. The van der Waals surface area contributed by atoms with Gasteiger partial charge in [0.2, 0.25) is 5.91 Å². The third-order valence-corrected chi connectivity index (χ3v) is 3.87. The number of benzene rings is 1. The second kappa shape index (κ2) is 8.15. The number of amides is 3. The molecule has 1 aliphatic heterocycles. The maximum absolute atomic E-state index is 11.8. The topological polar surface area (TPSA) is 111 Å². The van der Waals surface area contributed by atoms with Crippen molar-refractivity contribution in [2.45, 2.75) is 25.3 Å². The highest BCUT2D eigenvalue weighted by Gasteiger charge is 2.28. The number of nitrogens with one attached hydrogen (secondary N) is 2. The Balaban J connectivity index is 1.66. The molecule has 7 nitrogen and oxygen atoms in total. The van der Waals surface area contributed by atoms with Crippen molar-refractivity contribution in [2.75, 3.05) is 25.0 Å². The summed E-state index contributed by atoms with van der Waals surface area (Å²) in [5.41, 5.74) is 6.55. The molecule has 0 saturated carbocycles. The van der Waals surface area contributed by atoms with E-state index < -0.39 is 0 Å². The van der Waals surface area contributed by atoms with Gasteiger partial charge < -0.3 is 16.4 Å². The number of hydrogen-bond acceptors (Lipinski definition) is 4. The standard InChI is InChI=1S/C16H21N5O2/c17-11-12-4-6-13(7-5-12)20-16(23)19-8-2-10-21-9-1-3-14(21)15(18)22/h4-7,14H,1-3,8-10H2,(H2,18,22)(H2,19,20,23). The van der Waals surface area contributed by atoms with Crippen LogP contribution in [-0.2, 0) is 4.79 Å². The van der Waals surface area contributed by atoms with Gasteiger partial charge in [0.1, 0.15) is 0 Å². The zero-order valence-corrected chi connectivity index (χ0v) is 12.9. The molecule has 0 aliphatic carbocycles. The lowest BCUT2D eigenvalue weighted by atomic mass is 10.2. The quantitative estimate of drug-likeness (QED) is 0.680. The fourth-order valence-corrected chi connectivity index (χ4v) is 2.70. The Morgan fingerprint density at radius 1 is 1.35 bits per heavy atom. The van der Waals surface area contributed by atoms with E-state index in [1.807, 2.05) is 6.07 Å². The minimum absolute atomic E-state index is 0.164. The van der Waals surface area contributed by atoms with Crippen LogP contribution < -0.4 is 16.4 Å². The summed E-state index contributed by atoms with van der Waals surface area (Å²) in [5, 5.41) is 14.2. The van der Waals surface area contributed by atoms with E-state index in [-0.39, 0.29) is 18.0 Å². The lowest BCUT2D eigenvalue weighted by Gasteiger charge is -2.21. The zero-order chi connectivity index (χ0) is 16.7. The first-order valence-electron chi connectivity index (χ1n) is 7.68. The van der Waals surface area contributed by atoms with Gasteiger partial charge in [-0.05, 0) is 50.1 Å².